The molecule has 0 aliphatic heterocycles. The van der Waals surface area contributed by atoms with Crippen molar-refractivity contribution in [1.29, 1.82) is 0 Å². The SMILES string of the molecule is Cc1ccc(OCC(=O)NCCS(=O)(=O)N(C)c2ccccc2)cc1. The molecule has 2 rings (SSSR count). The standard InChI is InChI=1S/C18H22N2O4S/c1-15-8-10-17(11-9-15)24-14-18(21)19-12-13-25(22,23)20(2)16-6-4-3-5-7-16/h3-11H,12-14H2,1-2H3,(H,19,21). The van der Waals surface area contributed by atoms with Crippen molar-refractivity contribution in [2.24, 2.45) is 0 Å². The fraction of sp³-hybridized carbons (Fsp3) is 0.278. The molecule has 0 fully saturated rings. The molecule has 2 aromatic carbocycles. The van der Waals surface area contributed by atoms with E-state index in [0.29, 0.717) is 11.4 Å². The zero-order valence-corrected chi connectivity index (χ0v) is 15.1. The number of amides is 1. The molecule has 0 saturated heterocycles. The summed E-state index contributed by atoms with van der Waals surface area (Å²) >= 11 is 0. The first-order valence-corrected chi connectivity index (χ1v) is 9.47. The summed E-state index contributed by atoms with van der Waals surface area (Å²) in [6.45, 7) is 1.83. The predicted molar refractivity (Wildman–Crippen MR) is 98.3 cm³/mol. The summed E-state index contributed by atoms with van der Waals surface area (Å²) in [5.74, 6) is 0.0459. The van der Waals surface area contributed by atoms with E-state index in [9.17, 15) is 13.2 Å². The van der Waals surface area contributed by atoms with Crippen molar-refractivity contribution < 1.29 is 17.9 Å². The second kappa shape index (κ2) is 8.53. The van der Waals surface area contributed by atoms with E-state index >= 15 is 0 Å². The van der Waals surface area contributed by atoms with Crippen molar-refractivity contribution in [2.45, 2.75) is 6.92 Å². The number of ether oxygens (including phenoxy) is 1. The number of rotatable bonds is 8. The molecule has 0 spiro atoms. The first kappa shape index (κ1) is 18.8. The number of sulfonamides is 1. The highest BCUT2D eigenvalue weighted by Gasteiger charge is 2.18. The molecule has 2 aromatic rings. The van der Waals surface area contributed by atoms with Crippen LogP contribution in [0.3, 0.4) is 0 Å². The minimum absolute atomic E-state index is 0.0234. The summed E-state index contributed by atoms with van der Waals surface area (Å²) < 4.78 is 31.1. The third-order valence-corrected chi connectivity index (χ3v) is 5.38. The lowest BCUT2D eigenvalue weighted by Gasteiger charge is -2.19. The fourth-order valence-electron chi connectivity index (χ4n) is 2.09. The molecule has 134 valence electrons. The Morgan fingerprint density at radius 2 is 1.72 bits per heavy atom. The minimum atomic E-state index is -3.50. The Balaban J connectivity index is 1.77. The molecule has 0 aliphatic rings. The van der Waals surface area contributed by atoms with Crippen LogP contribution >= 0.6 is 0 Å². The van der Waals surface area contributed by atoms with E-state index < -0.39 is 10.0 Å². The predicted octanol–water partition coefficient (Wildman–Crippen LogP) is 1.96. The molecule has 0 heterocycles. The molecule has 1 amide bonds. The van der Waals surface area contributed by atoms with Crippen molar-refractivity contribution in [3.63, 3.8) is 0 Å². The Kier molecular flexibility index (Phi) is 6.41. The van der Waals surface area contributed by atoms with E-state index in [1.54, 1.807) is 36.4 Å². The average Bonchev–Trinajstić information content (AvgIpc) is 2.61. The Hall–Kier alpha value is -2.54. The number of nitrogens with zero attached hydrogens (tertiary/aromatic N) is 1. The maximum absolute atomic E-state index is 12.3. The fourth-order valence-corrected chi connectivity index (χ4v) is 3.17. The van der Waals surface area contributed by atoms with Gasteiger partial charge in [-0.15, -0.1) is 0 Å². The molecule has 0 radical (unpaired) electrons. The summed E-state index contributed by atoms with van der Waals surface area (Å²) in [6.07, 6.45) is 0. The Morgan fingerprint density at radius 1 is 1.08 bits per heavy atom. The number of anilines is 1. The summed E-state index contributed by atoms with van der Waals surface area (Å²) in [5, 5.41) is 2.56. The van der Waals surface area contributed by atoms with Gasteiger partial charge in [0, 0.05) is 13.6 Å². The topological polar surface area (TPSA) is 75.7 Å². The Labute approximate surface area is 148 Å². The Bertz CT molecular complexity index is 790. The second-order valence-electron chi connectivity index (χ2n) is 5.57. The van der Waals surface area contributed by atoms with E-state index in [0.717, 1.165) is 5.56 Å². The van der Waals surface area contributed by atoms with Gasteiger partial charge in [0.1, 0.15) is 5.75 Å². The number of aryl methyl sites for hydroxylation is 1. The summed E-state index contributed by atoms with van der Waals surface area (Å²) in [7, 11) is -2.01. The molecule has 25 heavy (non-hydrogen) atoms. The number of carbonyl (C=O) groups is 1. The van der Waals surface area contributed by atoms with Crippen molar-refractivity contribution >= 4 is 21.6 Å². The highest BCUT2D eigenvalue weighted by atomic mass is 32.2. The number of nitrogens with one attached hydrogen (secondary N) is 1. The van der Waals surface area contributed by atoms with Crippen LogP contribution in [0.2, 0.25) is 0 Å². The molecule has 0 saturated carbocycles. The summed E-state index contributed by atoms with van der Waals surface area (Å²) in [6, 6.07) is 16.1. The van der Waals surface area contributed by atoms with E-state index in [-0.39, 0.29) is 24.8 Å². The number of hydrogen-bond donors (Lipinski definition) is 1. The number of carbonyl (C=O) groups excluding carboxylic acids is 1. The molecule has 0 atom stereocenters. The largest absolute Gasteiger partial charge is 0.484 e. The van der Waals surface area contributed by atoms with Crippen LogP contribution in [0.4, 0.5) is 5.69 Å². The van der Waals surface area contributed by atoms with E-state index in [4.69, 9.17) is 4.74 Å². The zero-order valence-electron chi connectivity index (χ0n) is 14.3. The summed E-state index contributed by atoms with van der Waals surface area (Å²) in [5.41, 5.74) is 1.68. The minimum Gasteiger partial charge on any atom is -0.484 e. The number of benzene rings is 2. The van der Waals surface area contributed by atoms with Crippen molar-refractivity contribution in [1.82, 2.24) is 5.32 Å². The monoisotopic (exact) mass is 362 g/mol. The molecule has 0 aliphatic carbocycles. The maximum atomic E-state index is 12.3. The zero-order chi connectivity index (χ0) is 18.3. The first-order chi connectivity index (χ1) is 11.9. The van der Waals surface area contributed by atoms with E-state index in [1.165, 1.54) is 11.4 Å². The lowest BCUT2D eigenvalue weighted by molar-refractivity contribution is -0.122. The van der Waals surface area contributed by atoms with Crippen LogP contribution in [-0.2, 0) is 14.8 Å². The van der Waals surface area contributed by atoms with Gasteiger partial charge in [-0.05, 0) is 31.2 Å². The van der Waals surface area contributed by atoms with Crippen LogP contribution in [0.15, 0.2) is 54.6 Å². The average molecular weight is 362 g/mol. The van der Waals surface area contributed by atoms with E-state index in [1.807, 2.05) is 25.1 Å². The van der Waals surface area contributed by atoms with Gasteiger partial charge in [-0.2, -0.15) is 0 Å². The summed E-state index contributed by atoms with van der Waals surface area (Å²) in [4.78, 5) is 11.8. The molecule has 0 unspecified atom stereocenters. The third kappa shape index (κ3) is 5.79. The van der Waals surface area contributed by atoms with Crippen molar-refractivity contribution in [3.05, 3.63) is 60.2 Å². The third-order valence-electron chi connectivity index (χ3n) is 3.61. The second-order valence-corrected chi connectivity index (χ2v) is 7.69. The Morgan fingerprint density at radius 3 is 2.36 bits per heavy atom. The molecule has 7 heteroatoms. The lowest BCUT2D eigenvalue weighted by Crippen LogP contribution is -2.37. The van der Waals surface area contributed by atoms with Gasteiger partial charge in [0.05, 0.1) is 11.4 Å². The molecule has 6 nitrogen and oxygen atoms in total. The van der Waals surface area contributed by atoms with Crippen LogP contribution in [0.5, 0.6) is 5.75 Å². The quantitative estimate of drug-likeness (QED) is 0.779. The van der Waals surface area contributed by atoms with Gasteiger partial charge in [0.2, 0.25) is 10.0 Å². The van der Waals surface area contributed by atoms with Gasteiger partial charge in [-0.3, -0.25) is 9.10 Å². The van der Waals surface area contributed by atoms with Gasteiger partial charge in [-0.1, -0.05) is 35.9 Å². The van der Waals surface area contributed by atoms with Crippen molar-refractivity contribution in [3.8, 4) is 5.75 Å². The van der Waals surface area contributed by atoms with Crippen LogP contribution in [0.25, 0.3) is 0 Å². The molecule has 0 bridgehead atoms. The molecule has 1 N–H and O–H groups in total. The van der Waals surface area contributed by atoms with Gasteiger partial charge < -0.3 is 10.1 Å². The number of hydrogen-bond acceptors (Lipinski definition) is 4. The van der Waals surface area contributed by atoms with Crippen LogP contribution < -0.4 is 14.4 Å². The van der Waals surface area contributed by atoms with Crippen LogP contribution in [0.1, 0.15) is 5.56 Å². The number of para-hydroxylation sites is 1. The van der Waals surface area contributed by atoms with E-state index in [2.05, 4.69) is 5.32 Å². The first-order valence-electron chi connectivity index (χ1n) is 7.86. The normalized spacial score (nSPS) is 11.0. The molecule has 0 aromatic heterocycles. The smallest absolute Gasteiger partial charge is 0.257 e. The highest BCUT2D eigenvalue weighted by molar-refractivity contribution is 7.92. The highest BCUT2D eigenvalue weighted by Crippen LogP contribution is 2.15. The van der Waals surface area contributed by atoms with Crippen LogP contribution in [0, 0.1) is 6.92 Å². The van der Waals surface area contributed by atoms with Gasteiger partial charge in [-0.25, -0.2) is 8.42 Å². The lowest BCUT2D eigenvalue weighted by atomic mass is 10.2. The van der Waals surface area contributed by atoms with Gasteiger partial charge in [0.15, 0.2) is 6.61 Å². The van der Waals surface area contributed by atoms with Gasteiger partial charge in [0.25, 0.3) is 5.91 Å². The maximum Gasteiger partial charge on any atom is 0.257 e. The molecular weight excluding hydrogens is 340 g/mol. The van der Waals surface area contributed by atoms with Gasteiger partial charge >= 0.3 is 0 Å². The van der Waals surface area contributed by atoms with Crippen LogP contribution in [-0.4, -0.2) is 40.3 Å². The molecular formula is C18H22N2O4S. The van der Waals surface area contributed by atoms with Crippen molar-refractivity contribution in [2.75, 3.05) is 30.3 Å².